The van der Waals surface area contributed by atoms with E-state index in [2.05, 4.69) is 13.8 Å². The van der Waals surface area contributed by atoms with E-state index < -0.39 is 11.6 Å². The van der Waals surface area contributed by atoms with Crippen LogP contribution in [0.5, 0.6) is 0 Å². The van der Waals surface area contributed by atoms with E-state index in [9.17, 15) is 14.7 Å². The van der Waals surface area contributed by atoms with Crippen molar-refractivity contribution in [2.24, 2.45) is 35.0 Å². The van der Waals surface area contributed by atoms with Gasteiger partial charge in [-0.3, -0.25) is 9.59 Å². The normalized spacial score (nSPS) is 49.5. The lowest BCUT2D eigenvalue weighted by Gasteiger charge is -2.57. The standard InChI is InChI=1S/C22H34O4/c1-13-6-7-18-17-9-8-16(14(2)20(24)25)21(17,3)12-19(23)22(18)10-4-5-15(11-13)26-22/h13-18H,4-12H2,1-3H3,(H,24,25)/t13-,14+,15-,16-,17+,18-,21-,22+/m1/s1. The molecule has 4 nitrogen and oxygen atoms in total. The third kappa shape index (κ3) is 2.58. The second kappa shape index (κ2) is 6.32. The van der Waals surface area contributed by atoms with Gasteiger partial charge in [0.1, 0.15) is 5.60 Å². The van der Waals surface area contributed by atoms with Gasteiger partial charge >= 0.3 is 5.97 Å². The van der Waals surface area contributed by atoms with Gasteiger partial charge in [0.05, 0.1) is 12.0 Å². The topological polar surface area (TPSA) is 63.6 Å². The fraction of sp³-hybridized carbons (Fsp3) is 0.909. The summed E-state index contributed by atoms with van der Waals surface area (Å²) in [6, 6.07) is 0. The van der Waals surface area contributed by atoms with Gasteiger partial charge in [-0.2, -0.15) is 0 Å². The van der Waals surface area contributed by atoms with Gasteiger partial charge in [-0.25, -0.2) is 0 Å². The second-order valence-electron chi connectivity index (χ2n) is 10.1. The molecule has 146 valence electrons. The molecule has 2 bridgehead atoms. The van der Waals surface area contributed by atoms with Crippen molar-refractivity contribution in [1.82, 2.24) is 0 Å². The Hall–Kier alpha value is -0.900. The molecule has 4 fully saturated rings. The fourth-order valence-corrected chi connectivity index (χ4v) is 7.35. The summed E-state index contributed by atoms with van der Waals surface area (Å²) < 4.78 is 6.63. The molecule has 4 heteroatoms. The lowest BCUT2D eigenvalue weighted by molar-refractivity contribution is -0.213. The number of carbonyl (C=O) groups is 2. The summed E-state index contributed by atoms with van der Waals surface area (Å²) in [5.41, 5.74) is -0.738. The van der Waals surface area contributed by atoms with Crippen LogP contribution in [0.25, 0.3) is 0 Å². The molecule has 0 aromatic rings. The van der Waals surface area contributed by atoms with Crippen LogP contribution in [0.2, 0.25) is 0 Å². The number of Topliss-reactive ketones (excluding diaryl/α,β-unsaturated/α-hetero) is 1. The van der Waals surface area contributed by atoms with Crippen molar-refractivity contribution >= 4 is 11.8 Å². The van der Waals surface area contributed by atoms with E-state index in [-0.39, 0.29) is 35.1 Å². The highest BCUT2D eigenvalue weighted by Gasteiger charge is 2.65. The average molecular weight is 363 g/mol. The highest BCUT2D eigenvalue weighted by Crippen LogP contribution is 2.64. The Labute approximate surface area is 157 Å². The first-order chi connectivity index (χ1) is 12.3. The van der Waals surface area contributed by atoms with E-state index in [4.69, 9.17) is 4.74 Å². The molecule has 0 radical (unpaired) electrons. The van der Waals surface area contributed by atoms with Crippen molar-refractivity contribution in [1.29, 1.82) is 0 Å². The molecule has 2 aliphatic heterocycles. The molecule has 2 aliphatic carbocycles. The number of ketones is 1. The van der Waals surface area contributed by atoms with Crippen molar-refractivity contribution in [2.45, 2.75) is 90.3 Å². The summed E-state index contributed by atoms with van der Waals surface area (Å²) in [6.07, 6.45) is 9.14. The van der Waals surface area contributed by atoms with Crippen LogP contribution in [0.1, 0.15) is 78.6 Å². The van der Waals surface area contributed by atoms with Crippen molar-refractivity contribution < 1.29 is 19.4 Å². The van der Waals surface area contributed by atoms with Crippen LogP contribution in [0.3, 0.4) is 0 Å². The van der Waals surface area contributed by atoms with Crippen molar-refractivity contribution in [3.8, 4) is 0 Å². The van der Waals surface area contributed by atoms with E-state index in [0.29, 0.717) is 18.3 Å². The van der Waals surface area contributed by atoms with E-state index in [1.807, 2.05) is 6.92 Å². The third-order valence-electron chi connectivity index (χ3n) is 8.66. The average Bonchev–Trinajstić information content (AvgIpc) is 2.90. The number of ether oxygens (including phenoxy) is 1. The molecule has 2 saturated carbocycles. The predicted octanol–water partition coefficient (Wildman–Crippen LogP) is 4.46. The van der Waals surface area contributed by atoms with Gasteiger partial charge in [-0.1, -0.05) is 27.2 Å². The largest absolute Gasteiger partial charge is 0.481 e. The number of fused-ring (bicyclic) bond motifs is 3. The van der Waals surface area contributed by atoms with E-state index >= 15 is 0 Å². The van der Waals surface area contributed by atoms with Crippen molar-refractivity contribution in [2.75, 3.05) is 0 Å². The second-order valence-corrected chi connectivity index (χ2v) is 10.1. The van der Waals surface area contributed by atoms with Crippen LogP contribution in [-0.4, -0.2) is 28.6 Å². The molecule has 0 amide bonds. The minimum Gasteiger partial charge on any atom is -0.481 e. The lowest BCUT2D eigenvalue weighted by atomic mass is 9.52. The Morgan fingerprint density at radius 2 is 1.92 bits per heavy atom. The monoisotopic (exact) mass is 362 g/mol. The van der Waals surface area contributed by atoms with Crippen LogP contribution in [0, 0.1) is 35.0 Å². The quantitative estimate of drug-likeness (QED) is 0.788. The molecule has 2 heterocycles. The van der Waals surface area contributed by atoms with Crippen molar-refractivity contribution in [3.05, 3.63) is 0 Å². The van der Waals surface area contributed by atoms with E-state index in [1.54, 1.807) is 0 Å². The summed E-state index contributed by atoms with van der Waals surface area (Å²) >= 11 is 0. The molecular weight excluding hydrogens is 328 g/mol. The fourth-order valence-electron chi connectivity index (χ4n) is 7.35. The van der Waals surface area contributed by atoms with Gasteiger partial charge in [-0.15, -0.1) is 0 Å². The molecule has 2 saturated heterocycles. The number of carboxylic acids is 1. The number of carboxylic acid groups (broad SMARTS) is 1. The molecule has 0 aromatic carbocycles. The van der Waals surface area contributed by atoms with E-state index in [1.165, 1.54) is 6.42 Å². The molecule has 1 spiro atoms. The maximum atomic E-state index is 13.5. The highest BCUT2D eigenvalue weighted by molar-refractivity contribution is 5.90. The molecule has 4 rings (SSSR count). The molecular formula is C22H34O4. The first-order valence-corrected chi connectivity index (χ1v) is 10.7. The summed E-state index contributed by atoms with van der Waals surface area (Å²) in [5.74, 6) is 0.652. The first-order valence-electron chi connectivity index (χ1n) is 10.7. The van der Waals surface area contributed by atoms with Gasteiger partial charge in [0, 0.05) is 6.42 Å². The number of aliphatic carboxylic acids is 1. The Morgan fingerprint density at radius 1 is 1.19 bits per heavy atom. The summed E-state index contributed by atoms with van der Waals surface area (Å²) in [5, 5.41) is 9.59. The Balaban J connectivity index is 1.71. The lowest BCUT2D eigenvalue weighted by Crippen LogP contribution is -2.62. The smallest absolute Gasteiger partial charge is 0.306 e. The Bertz CT molecular complexity index is 601. The van der Waals surface area contributed by atoms with Gasteiger partial charge in [-0.05, 0) is 74.0 Å². The van der Waals surface area contributed by atoms with Gasteiger partial charge in [0.25, 0.3) is 0 Å². The van der Waals surface area contributed by atoms with Crippen LogP contribution in [0.4, 0.5) is 0 Å². The molecule has 0 aromatic heterocycles. The third-order valence-corrected chi connectivity index (χ3v) is 8.66. The number of rotatable bonds is 2. The Morgan fingerprint density at radius 3 is 2.65 bits per heavy atom. The maximum absolute atomic E-state index is 13.5. The van der Waals surface area contributed by atoms with Gasteiger partial charge in [0.15, 0.2) is 5.78 Å². The summed E-state index contributed by atoms with van der Waals surface area (Å²) in [6.45, 7) is 6.36. The van der Waals surface area contributed by atoms with Crippen LogP contribution in [0.15, 0.2) is 0 Å². The molecule has 8 atom stereocenters. The minimum absolute atomic E-state index is 0.105. The van der Waals surface area contributed by atoms with Crippen LogP contribution < -0.4 is 0 Å². The van der Waals surface area contributed by atoms with Gasteiger partial charge in [0.2, 0.25) is 0 Å². The minimum atomic E-state index is -0.718. The molecule has 0 unspecified atom stereocenters. The SMILES string of the molecule is C[C@@H]1CC[C@@H]2[C@@H]3CC[C@H]([C@H](C)C(=O)O)[C@@]3(C)CC(=O)[C@]23CCC[C@H](C1)O3. The van der Waals surface area contributed by atoms with Crippen LogP contribution >= 0.6 is 0 Å². The number of hydrogen-bond donors (Lipinski definition) is 1. The van der Waals surface area contributed by atoms with Crippen LogP contribution in [-0.2, 0) is 14.3 Å². The highest BCUT2D eigenvalue weighted by atomic mass is 16.5. The molecule has 4 aliphatic rings. The first kappa shape index (κ1) is 18.5. The molecule has 1 N–H and O–H groups in total. The zero-order valence-corrected chi connectivity index (χ0v) is 16.5. The van der Waals surface area contributed by atoms with E-state index in [0.717, 1.165) is 44.9 Å². The Kier molecular flexibility index (Phi) is 4.49. The summed E-state index contributed by atoms with van der Waals surface area (Å²) in [7, 11) is 0. The number of hydrogen-bond acceptors (Lipinski definition) is 3. The predicted molar refractivity (Wildman–Crippen MR) is 98.7 cm³/mol. The van der Waals surface area contributed by atoms with Crippen molar-refractivity contribution in [3.63, 3.8) is 0 Å². The van der Waals surface area contributed by atoms with Gasteiger partial charge < -0.3 is 9.84 Å². The maximum Gasteiger partial charge on any atom is 0.306 e. The zero-order valence-electron chi connectivity index (χ0n) is 16.5. The summed E-state index contributed by atoms with van der Waals surface area (Å²) in [4.78, 5) is 25.2. The zero-order chi connectivity index (χ0) is 18.7. The number of carbonyl (C=O) groups excluding carboxylic acids is 1. The molecule has 26 heavy (non-hydrogen) atoms.